The molecule has 0 atom stereocenters. The van der Waals surface area contributed by atoms with Crippen molar-refractivity contribution in [3.8, 4) is 0 Å². The van der Waals surface area contributed by atoms with Gasteiger partial charge >= 0.3 is 0 Å². The van der Waals surface area contributed by atoms with Crippen molar-refractivity contribution in [3.63, 3.8) is 0 Å². The normalized spacial score (nSPS) is 16.8. The molecule has 1 aliphatic carbocycles. The number of halogens is 4. The number of carbonyl (C=O) groups is 2. The summed E-state index contributed by atoms with van der Waals surface area (Å²) < 4.78 is 2.14. The third kappa shape index (κ3) is 3.65. The van der Waals surface area contributed by atoms with E-state index in [1.807, 2.05) is 36.4 Å². The summed E-state index contributed by atoms with van der Waals surface area (Å²) in [5.74, 6) is -0.481. The Morgan fingerprint density at radius 3 is 1.62 bits per heavy atom. The van der Waals surface area contributed by atoms with Gasteiger partial charge in [0.25, 0.3) is 0 Å². The molecule has 0 unspecified atom stereocenters. The largest absolute Gasteiger partial charge is 0.289 e. The van der Waals surface area contributed by atoms with Crippen LogP contribution in [0.15, 0.2) is 84.2 Å². The fourth-order valence-corrected chi connectivity index (χ4v) is 4.84. The summed E-state index contributed by atoms with van der Waals surface area (Å²) in [7, 11) is 0. The van der Waals surface area contributed by atoms with Gasteiger partial charge in [0.2, 0.25) is 5.78 Å². The number of hydrogen-bond acceptors (Lipinski definition) is 2. The van der Waals surface area contributed by atoms with Crippen LogP contribution in [0.1, 0.15) is 15.9 Å². The third-order valence-electron chi connectivity index (χ3n) is 3.80. The molecule has 0 aromatic heterocycles. The average molecular weight is 602 g/mol. The van der Waals surface area contributed by atoms with E-state index >= 15 is 0 Å². The number of carbonyl (C=O) groups excluding carboxylic acids is 2. The van der Waals surface area contributed by atoms with Gasteiger partial charge in [0.1, 0.15) is 0 Å². The zero-order valence-corrected chi connectivity index (χ0v) is 19.4. The van der Waals surface area contributed by atoms with Crippen molar-refractivity contribution >= 4 is 80.9 Å². The van der Waals surface area contributed by atoms with Gasteiger partial charge in [0, 0.05) is 20.1 Å². The summed E-state index contributed by atoms with van der Waals surface area (Å²) >= 11 is 13.7. The van der Waals surface area contributed by atoms with Crippen LogP contribution in [-0.4, -0.2) is 11.6 Å². The minimum absolute atomic E-state index is 0.212. The number of rotatable bonds is 3. The molecule has 0 N–H and O–H groups in total. The quantitative estimate of drug-likeness (QED) is 0.283. The van der Waals surface area contributed by atoms with Crippen LogP contribution in [-0.2, 0) is 4.79 Å². The first-order valence-electron chi connectivity index (χ1n) is 7.49. The molecule has 2 aromatic rings. The van der Waals surface area contributed by atoms with E-state index in [0.717, 1.165) is 0 Å². The maximum Gasteiger partial charge on any atom is 0.203 e. The second-order valence-corrected chi connectivity index (χ2v) is 8.57. The fraction of sp³-hybridized carbons (Fsp3) is 0. The Kier molecular flexibility index (Phi) is 6.28. The van der Waals surface area contributed by atoms with Gasteiger partial charge in [0.05, 0.1) is 14.5 Å². The number of Topliss-reactive ketones (excluding diaryl/α,β-unsaturated/α-hetero) is 2. The lowest BCUT2D eigenvalue weighted by Gasteiger charge is -2.20. The highest BCUT2D eigenvalue weighted by molar-refractivity contribution is 9.17. The molecule has 26 heavy (non-hydrogen) atoms. The standard InChI is InChI=1S/C20H10Br4O2/c21-15-14(20(26)18(24)17(23)16(15)22)13(11-7-3-1-4-8-11)19(25)12-9-5-2-6-10-12/h1-10H/b14-13+. The third-order valence-corrected chi connectivity index (χ3v) is 8.53. The van der Waals surface area contributed by atoms with Gasteiger partial charge in [-0.15, -0.1) is 0 Å². The van der Waals surface area contributed by atoms with Crippen LogP contribution in [0, 0.1) is 0 Å². The lowest BCUT2D eigenvalue weighted by Crippen LogP contribution is -2.16. The van der Waals surface area contributed by atoms with Gasteiger partial charge in [0.15, 0.2) is 5.78 Å². The van der Waals surface area contributed by atoms with Crippen molar-refractivity contribution in [1.82, 2.24) is 0 Å². The monoisotopic (exact) mass is 598 g/mol. The number of hydrogen-bond donors (Lipinski definition) is 0. The molecule has 0 amide bonds. The first-order chi connectivity index (χ1) is 12.4. The predicted molar refractivity (Wildman–Crippen MR) is 119 cm³/mol. The smallest absolute Gasteiger partial charge is 0.203 e. The Hall–Kier alpha value is -1.08. The molecule has 0 spiro atoms. The van der Waals surface area contributed by atoms with Crippen molar-refractivity contribution in [2.45, 2.75) is 0 Å². The fourth-order valence-electron chi connectivity index (χ4n) is 2.56. The maximum absolute atomic E-state index is 13.3. The van der Waals surface area contributed by atoms with Crippen LogP contribution < -0.4 is 0 Å². The SMILES string of the molecule is O=C1C(Br)=C(Br)C(Br)=C(Br)/C1=C(\C(=O)c1ccccc1)c1ccccc1. The number of allylic oxidation sites excluding steroid dienone is 6. The van der Waals surface area contributed by atoms with Gasteiger partial charge in [-0.05, 0) is 69.3 Å². The lowest BCUT2D eigenvalue weighted by atomic mass is 9.89. The molecule has 2 aromatic carbocycles. The molecule has 130 valence electrons. The molecule has 0 saturated heterocycles. The molecular weight excluding hydrogens is 592 g/mol. The summed E-state index contributed by atoms with van der Waals surface area (Å²) in [4.78, 5) is 26.3. The summed E-state index contributed by atoms with van der Waals surface area (Å²) in [5, 5.41) is 0. The first kappa shape index (κ1) is 19.7. The molecule has 0 radical (unpaired) electrons. The van der Waals surface area contributed by atoms with E-state index in [4.69, 9.17) is 0 Å². The van der Waals surface area contributed by atoms with E-state index in [2.05, 4.69) is 63.7 Å². The second-order valence-electron chi connectivity index (χ2n) is 5.40. The Morgan fingerprint density at radius 1 is 0.615 bits per heavy atom. The zero-order valence-electron chi connectivity index (χ0n) is 13.1. The maximum atomic E-state index is 13.3. The van der Waals surface area contributed by atoms with E-state index in [1.54, 1.807) is 24.3 Å². The number of ketones is 2. The van der Waals surface area contributed by atoms with Gasteiger partial charge in [-0.1, -0.05) is 60.7 Å². The molecule has 0 aliphatic heterocycles. The number of benzene rings is 2. The van der Waals surface area contributed by atoms with E-state index in [9.17, 15) is 9.59 Å². The molecule has 0 saturated carbocycles. The van der Waals surface area contributed by atoms with Crippen molar-refractivity contribution in [1.29, 1.82) is 0 Å². The predicted octanol–water partition coefficient (Wildman–Crippen LogP) is 6.91. The van der Waals surface area contributed by atoms with Crippen LogP contribution in [0.3, 0.4) is 0 Å². The molecule has 3 rings (SSSR count). The molecule has 1 aliphatic rings. The Morgan fingerprint density at radius 2 is 1.08 bits per heavy atom. The molecular formula is C20H10Br4O2. The van der Waals surface area contributed by atoms with E-state index in [-0.39, 0.29) is 11.6 Å². The molecule has 6 heteroatoms. The Labute approximate surface area is 184 Å². The summed E-state index contributed by atoms with van der Waals surface area (Å²) in [5.41, 5.74) is 1.86. The van der Waals surface area contributed by atoms with Crippen LogP contribution in [0.2, 0.25) is 0 Å². The average Bonchev–Trinajstić information content (AvgIpc) is 2.69. The van der Waals surface area contributed by atoms with Crippen LogP contribution >= 0.6 is 63.7 Å². The highest BCUT2D eigenvalue weighted by Crippen LogP contribution is 2.45. The van der Waals surface area contributed by atoms with Crippen molar-refractivity contribution in [3.05, 3.63) is 95.3 Å². The van der Waals surface area contributed by atoms with E-state index in [1.165, 1.54) is 0 Å². The highest BCUT2D eigenvalue weighted by atomic mass is 79.9. The van der Waals surface area contributed by atoms with Crippen LogP contribution in [0.4, 0.5) is 0 Å². The summed E-state index contributed by atoms with van der Waals surface area (Å²) in [6, 6.07) is 18.1. The topological polar surface area (TPSA) is 34.1 Å². The first-order valence-corrected chi connectivity index (χ1v) is 10.7. The van der Waals surface area contributed by atoms with Crippen molar-refractivity contribution < 1.29 is 9.59 Å². The zero-order chi connectivity index (χ0) is 18.8. The van der Waals surface area contributed by atoms with Crippen LogP contribution in [0.5, 0.6) is 0 Å². The van der Waals surface area contributed by atoms with Crippen LogP contribution in [0.25, 0.3) is 5.57 Å². The van der Waals surface area contributed by atoms with E-state index < -0.39 is 0 Å². The minimum atomic E-state index is -0.268. The summed E-state index contributed by atoms with van der Waals surface area (Å²) in [6.07, 6.45) is 0. The van der Waals surface area contributed by atoms with E-state index in [0.29, 0.717) is 40.2 Å². The lowest BCUT2D eigenvalue weighted by molar-refractivity contribution is -0.111. The van der Waals surface area contributed by atoms with Gasteiger partial charge in [-0.2, -0.15) is 0 Å². The molecule has 0 bridgehead atoms. The highest BCUT2D eigenvalue weighted by Gasteiger charge is 2.33. The van der Waals surface area contributed by atoms with Crippen molar-refractivity contribution in [2.75, 3.05) is 0 Å². The molecule has 2 nitrogen and oxygen atoms in total. The molecule has 0 heterocycles. The van der Waals surface area contributed by atoms with Gasteiger partial charge < -0.3 is 0 Å². The Balaban J connectivity index is 2.34. The van der Waals surface area contributed by atoms with Gasteiger partial charge in [-0.3, -0.25) is 9.59 Å². The molecule has 0 fully saturated rings. The van der Waals surface area contributed by atoms with Gasteiger partial charge in [-0.25, -0.2) is 0 Å². The second kappa shape index (κ2) is 8.30. The van der Waals surface area contributed by atoms with Crippen molar-refractivity contribution in [2.24, 2.45) is 0 Å². The summed E-state index contributed by atoms with van der Waals surface area (Å²) in [6.45, 7) is 0. The minimum Gasteiger partial charge on any atom is -0.289 e. The Bertz CT molecular complexity index is 987.